The Kier molecular flexibility index (Phi) is 4.13. The second-order valence-corrected chi connectivity index (χ2v) is 6.59. The molecule has 4 rings (SSSR count). The molecule has 1 N–H and O–H groups in total. The summed E-state index contributed by atoms with van der Waals surface area (Å²) in [5.41, 5.74) is 3.69. The maximum Gasteiger partial charge on any atom is 0.258 e. The summed E-state index contributed by atoms with van der Waals surface area (Å²) in [6.07, 6.45) is 1.38. The van der Waals surface area contributed by atoms with Crippen LogP contribution in [-0.4, -0.2) is 24.9 Å². The van der Waals surface area contributed by atoms with Gasteiger partial charge in [-0.3, -0.25) is 4.79 Å². The van der Waals surface area contributed by atoms with E-state index < -0.39 is 0 Å². The topological polar surface area (TPSA) is 48.7 Å². The van der Waals surface area contributed by atoms with Crippen LogP contribution >= 0.6 is 0 Å². The first-order chi connectivity index (χ1) is 12.6. The molecule has 0 bridgehead atoms. The Morgan fingerprint density at radius 1 is 1.04 bits per heavy atom. The molecule has 0 saturated carbocycles. The van der Waals surface area contributed by atoms with E-state index in [1.54, 1.807) is 6.26 Å². The second kappa shape index (κ2) is 6.59. The summed E-state index contributed by atoms with van der Waals surface area (Å²) in [7, 11) is 4.02. The summed E-state index contributed by atoms with van der Waals surface area (Å²) < 4.78 is 5.48. The Morgan fingerprint density at radius 3 is 2.50 bits per heavy atom. The fourth-order valence-electron chi connectivity index (χ4n) is 3.24. The van der Waals surface area contributed by atoms with Crippen LogP contribution in [0.15, 0.2) is 71.3 Å². The minimum atomic E-state index is -0.251. The second-order valence-electron chi connectivity index (χ2n) is 6.59. The van der Waals surface area contributed by atoms with Gasteiger partial charge in [-0.2, -0.15) is 0 Å². The fourth-order valence-corrected chi connectivity index (χ4v) is 3.24. The Balaban J connectivity index is 1.73. The smallest absolute Gasteiger partial charge is 0.258 e. The minimum Gasteiger partial charge on any atom is -0.467 e. The van der Waals surface area contributed by atoms with Crippen LogP contribution in [0.4, 0.5) is 11.4 Å². The van der Waals surface area contributed by atoms with E-state index in [9.17, 15) is 4.79 Å². The van der Waals surface area contributed by atoms with E-state index in [1.807, 2.05) is 55.4 Å². The highest BCUT2D eigenvalue weighted by Crippen LogP contribution is 2.34. The van der Waals surface area contributed by atoms with Gasteiger partial charge in [-0.25, -0.2) is 0 Å². The Labute approximate surface area is 152 Å². The van der Waals surface area contributed by atoms with Crippen LogP contribution in [0.25, 0.3) is 0 Å². The number of nitrogens with zero attached hydrogens (tertiary/aromatic N) is 2. The van der Waals surface area contributed by atoms with Crippen LogP contribution in [-0.2, 0) is 6.54 Å². The zero-order valence-corrected chi connectivity index (χ0v) is 14.8. The average Bonchev–Trinajstić information content (AvgIpc) is 3.17. The van der Waals surface area contributed by atoms with Crippen LogP contribution < -0.4 is 10.2 Å². The maximum absolute atomic E-state index is 13.1. The highest BCUT2D eigenvalue weighted by atomic mass is 16.3. The standard InChI is InChI=1S/C21H21N3O2/c1-23(2)16-11-9-15(10-12-16)20-22-19-8-4-3-7-18(19)21(25)24(20)14-17-6-5-13-26-17/h3-13,20,22H,14H2,1-2H3/t20-/m0/s1. The summed E-state index contributed by atoms with van der Waals surface area (Å²) in [6, 6.07) is 19.6. The molecule has 2 aromatic carbocycles. The zero-order valence-electron chi connectivity index (χ0n) is 14.8. The van der Waals surface area contributed by atoms with Gasteiger partial charge in [-0.15, -0.1) is 0 Å². The number of rotatable bonds is 4. The van der Waals surface area contributed by atoms with Gasteiger partial charge in [0.2, 0.25) is 0 Å². The molecule has 0 spiro atoms. The van der Waals surface area contributed by atoms with Crippen molar-refractivity contribution in [1.82, 2.24) is 4.90 Å². The van der Waals surface area contributed by atoms with Gasteiger partial charge in [0.1, 0.15) is 11.9 Å². The predicted octanol–water partition coefficient (Wildman–Crippen LogP) is 4.11. The normalized spacial score (nSPS) is 16.2. The van der Waals surface area contributed by atoms with E-state index in [0.29, 0.717) is 12.1 Å². The minimum absolute atomic E-state index is 0.00237. The van der Waals surface area contributed by atoms with E-state index in [1.165, 1.54) is 0 Å². The molecular weight excluding hydrogens is 326 g/mol. The van der Waals surface area contributed by atoms with Gasteiger partial charge in [0, 0.05) is 25.5 Å². The summed E-state index contributed by atoms with van der Waals surface area (Å²) >= 11 is 0. The van der Waals surface area contributed by atoms with Crippen LogP contribution in [0.1, 0.15) is 27.8 Å². The third kappa shape index (κ3) is 2.92. The Morgan fingerprint density at radius 2 is 1.81 bits per heavy atom. The molecule has 0 saturated heterocycles. The van der Waals surface area contributed by atoms with E-state index in [-0.39, 0.29) is 12.1 Å². The molecule has 3 aromatic rings. The molecule has 1 aromatic heterocycles. The van der Waals surface area contributed by atoms with Crippen molar-refractivity contribution >= 4 is 17.3 Å². The Hall–Kier alpha value is -3.21. The SMILES string of the molecule is CN(C)c1ccc([C@H]2Nc3ccccc3C(=O)N2Cc2ccco2)cc1. The molecule has 5 nitrogen and oxygen atoms in total. The number of carbonyl (C=O) groups is 1. The van der Waals surface area contributed by atoms with Crippen molar-refractivity contribution in [3.63, 3.8) is 0 Å². The largest absolute Gasteiger partial charge is 0.467 e. The van der Waals surface area contributed by atoms with E-state index in [2.05, 4.69) is 34.5 Å². The molecular formula is C21H21N3O2. The number of carbonyl (C=O) groups excluding carboxylic acids is 1. The van der Waals surface area contributed by atoms with Crippen molar-refractivity contribution in [2.24, 2.45) is 0 Å². The third-order valence-corrected chi connectivity index (χ3v) is 4.65. The van der Waals surface area contributed by atoms with Crippen LogP contribution in [0, 0.1) is 0 Å². The van der Waals surface area contributed by atoms with E-state index >= 15 is 0 Å². The first kappa shape index (κ1) is 16.3. The number of fused-ring (bicyclic) bond motifs is 1. The lowest BCUT2D eigenvalue weighted by molar-refractivity contribution is 0.0651. The number of benzene rings is 2. The molecule has 1 aliphatic rings. The third-order valence-electron chi connectivity index (χ3n) is 4.65. The number of furan rings is 1. The zero-order chi connectivity index (χ0) is 18.1. The number of anilines is 2. The van der Waals surface area contributed by atoms with Gasteiger partial charge >= 0.3 is 0 Å². The number of para-hydroxylation sites is 1. The molecule has 2 heterocycles. The van der Waals surface area contributed by atoms with Crippen LogP contribution in [0.5, 0.6) is 0 Å². The number of hydrogen-bond donors (Lipinski definition) is 1. The van der Waals surface area contributed by atoms with Gasteiger partial charge in [0.25, 0.3) is 5.91 Å². The van der Waals surface area contributed by atoms with Crippen molar-refractivity contribution in [3.05, 3.63) is 83.8 Å². The van der Waals surface area contributed by atoms with Gasteiger partial charge in [0.05, 0.1) is 18.4 Å². The van der Waals surface area contributed by atoms with Crippen molar-refractivity contribution in [2.75, 3.05) is 24.3 Å². The van der Waals surface area contributed by atoms with Gasteiger partial charge in [-0.1, -0.05) is 24.3 Å². The lowest BCUT2D eigenvalue weighted by atomic mass is 10.0. The van der Waals surface area contributed by atoms with Crippen LogP contribution in [0.3, 0.4) is 0 Å². The average molecular weight is 347 g/mol. The summed E-state index contributed by atoms with van der Waals surface area (Å²) in [6.45, 7) is 0.410. The molecule has 5 heteroatoms. The summed E-state index contributed by atoms with van der Waals surface area (Å²) in [4.78, 5) is 17.0. The first-order valence-electron chi connectivity index (χ1n) is 8.59. The fraction of sp³-hybridized carbons (Fsp3) is 0.190. The van der Waals surface area contributed by atoms with Crippen molar-refractivity contribution in [2.45, 2.75) is 12.7 Å². The van der Waals surface area contributed by atoms with E-state index in [0.717, 1.165) is 22.7 Å². The van der Waals surface area contributed by atoms with Crippen molar-refractivity contribution in [1.29, 1.82) is 0 Å². The number of hydrogen-bond acceptors (Lipinski definition) is 4. The molecule has 1 aliphatic heterocycles. The molecule has 0 radical (unpaired) electrons. The maximum atomic E-state index is 13.1. The number of nitrogens with one attached hydrogen (secondary N) is 1. The van der Waals surface area contributed by atoms with Gasteiger partial charge in [-0.05, 0) is 42.0 Å². The summed E-state index contributed by atoms with van der Waals surface area (Å²) in [5, 5.41) is 3.50. The predicted molar refractivity (Wildman–Crippen MR) is 102 cm³/mol. The molecule has 1 amide bonds. The summed E-state index contributed by atoms with van der Waals surface area (Å²) in [5.74, 6) is 0.756. The molecule has 0 unspecified atom stereocenters. The monoisotopic (exact) mass is 347 g/mol. The highest BCUT2D eigenvalue weighted by Gasteiger charge is 2.33. The van der Waals surface area contributed by atoms with Crippen molar-refractivity contribution in [3.8, 4) is 0 Å². The van der Waals surface area contributed by atoms with E-state index in [4.69, 9.17) is 4.42 Å². The molecule has 0 fully saturated rings. The lowest BCUT2D eigenvalue weighted by Gasteiger charge is -2.37. The molecule has 132 valence electrons. The van der Waals surface area contributed by atoms with Gasteiger partial charge < -0.3 is 19.5 Å². The first-order valence-corrected chi connectivity index (χ1v) is 8.59. The highest BCUT2D eigenvalue weighted by molar-refractivity contribution is 6.01. The number of amides is 1. The van der Waals surface area contributed by atoms with Crippen LogP contribution in [0.2, 0.25) is 0 Å². The molecule has 26 heavy (non-hydrogen) atoms. The van der Waals surface area contributed by atoms with Crippen molar-refractivity contribution < 1.29 is 9.21 Å². The molecule has 0 aliphatic carbocycles. The van der Waals surface area contributed by atoms with Gasteiger partial charge in [0.15, 0.2) is 0 Å². The molecule has 1 atom stereocenters. The lowest BCUT2D eigenvalue weighted by Crippen LogP contribution is -2.42. The quantitative estimate of drug-likeness (QED) is 0.771. The Bertz CT molecular complexity index is 901.